The average Bonchev–Trinajstić information content (AvgIpc) is 2.77. The van der Waals surface area contributed by atoms with E-state index in [0.29, 0.717) is 23.4 Å². The molecule has 3 rings (SSSR count). The Kier molecular flexibility index (Phi) is 3.74. The number of sulfonamides is 1. The Morgan fingerprint density at radius 3 is 2.65 bits per heavy atom. The molecule has 2 fully saturated rings. The molecule has 3 heterocycles. The van der Waals surface area contributed by atoms with E-state index < -0.39 is 10.0 Å². The van der Waals surface area contributed by atoms with Crippen molar-refractivity contribution < 1.29 is 13.2 Å². The number of nitrogens with zero attached hydrogens (tertiary/aromatic N) is 2. The highest BCUT2D eigenvalue weighted by Gasteiger charge is 2.40. The average molecular weight is 362 g/mol. The number of halogens is 1. The summed E-state index contributed by atoms with van der Waals surface area (Å²) < 4.78 is 33.5. The summed E-state index contributed by atoms with van der Waals surface area (Å²) in [5.74, 6) is 0.368. The van der Waals surface area contributed by atoms with E-state index in [1.165, 1.54) is 4.31 Å². The molecule has 0 saturated carbocycles. The molecule has 2 aliphatic heterocycles. The maximum absolute atomic E-state index is 12.8. The van der Waals surface area contributed by atoms with Crippen molar-refractivity contribution in [3.05, 3.63) is 16.7 Å². The maximum atomic E-state index is 12.8. The summed E-state index contributed by atoms with van der Waals surface area (Å²) in [6.45, 7) is 0.850. The van der Waals surface area contributed by atoms with Gasteiger partial charge in [0.2, 0.25) is 10.0 Å². The molecule has 0 aliphatic carbocycles. The number of anilines is 1. The Labute approximate surface area is 126 Å². The molecule has 0 amide bonds. The Hall–Kier alpha value is -0.700. The van der Waals surface area contributed by atoms with Gasteiger partial charge >= 0.3 is 0 Å². The lowest BCUT2D eigenvalue weighted by Crippen LogP contribution is -2.45. The molecule has 6 nitrogen and oxygen atoms in total. The van der Waals surface area contributed by atoms with Crippen molar-refractivity contribution in [3.63, 3.8) is 0 Å². The van der Waals surface area contributed by atoms with Crippen LogP contribution in [0.2, 0.25) is 0 Å². The fourth-order valence-electron chi connectivity index (χ4n) is 2.72. The normalized spacial score (nSPS) is 26.7. The van der Waals surface area contributed by atoms with Crippen molar-refractivity contribution in [3.8, 4) is 0 Å². The number of hydrogen-bond acceptors (Lipinski definition) is 5. The molecule has 2 bridgehead atoms. The van der Waals surface area contributed by atoms with Crippen LogP contribution in [0.5, 0.6) is 0 Å². The highest BCUT2D eigenvalue weighted by atomic mass is 79.9. The van der Waals surface area contributed by atoms with Gasteiger partial charge in [0.1, 0.15) is 10.7 Å². The first kappa shape index (κ1) is 14.2. The van der Waals surface area contributed by atoms with Crippen LogP contribution in [0.3, 0.4) is 0 Å². The zero-order chi connectivity index (χ0) is 14.3. The number of aromatic nitrogens is 1. The number of nitrogens with one attached hydrogen (secondary N) is 1. The first-order valence-corrected chi connectivity index (χ1v) is 8.73. The number of fused-ring (bicyclic) bond motifs is 2. The molecule has 8 heteroatoms. The number of hydrogen-bond donors (Lipinski definition) is 1. The molecule has 0 radical (unpaired) electrons. The summed E-state index contributed by atoms with van der Waals surface area (Å²) in [4.78, 5) is 4.32. The van der Waals surface area contributed by atoms with Gasteiger partial charge in [0.25, 0.3) is 0 Å². The highest BCUT2D eigenvalue weighted by molar-refractivity contribution is 9.10. The molecule has 2 saturated heterocycles. The predicted molar refractivity (Wildman–Crippen MR) is 78.1 cm³/mol. The van der Waals surface area contributed by atoms with Gasteiger partial charge in [-0.25, -0.2) is 13.4 Å². The fourth-order valence-corrected chi connectivity index (χ4v) is 4.88. The quantitative estimate of drug-likeness (QED) is 0.881. The minimum absolute atomic E-state index is 0.0293. The maximum Gasteiger partial charge on any atom is 0.246 e. The van der Waals surface area contributed by atoms with Gasteiger partial charge in [-0.2, -0.15) is 4.31 Å². The highest BCUT2D eigenvalue weighted by Crippen LogP contribution is 2.32. The molecule has 2 unspecified atom stereocenters. The number of pyridine rings is 1. The van der Waals surface area contributed by atoms with Crippen molar-refractivity contribution in [1.29, 1.82) is 0 Å². The topological polar surface area (TPSA) is 71.5 Å². The van der Waals surface area contributed by atoms with E-state index in [0.717, 1.165) is 12.8 Å². The molecule has 1 aromatic rings. The number of ether oxygens (including phenoxy) is 1. The van der Waals surface area contributed by atoms with Crippen molar-refractivity contribution in [2.45, 2.75) is 29.9 Å². The van der Waals surface area contributed by atoms with Crippen molar-refractivity contribution in [1.82, 2.24) is 9.29 Å². The first-order chi connectivity index (χ1) is 9.50. The predicted octanol–water partition coefficient (Wildman–Crippen LogP) is 1.44. The van der Waals surface area contributed by atoms with E-state index in [1.54, 1.807) is 19.3 Å². The fraction of sp³-hybridized carbons (Fsp3) is 0.583. The largest absolute Gasteiger partial charge is 0.372 e. The van der Waals surface area contributed by atoms with Crippen LogP contribution < -0.4 is 5.32 Å². The second-order valence-electron chi connectivity index (χ2n) is 5.03. The van der Waals surface area contributed by atoms with Crippen LogP contribution in [0, 0.1) is 0 Å². The lowest BCUT2D eigenvalue weighted by molar-refractivity contribution is -0.0114. The summed E-state index contributed by atoms with van der Waals surface area (Å²) in [5, 5.41) is 2.84. The summed E-state index contributed by atoms with van der Waals surface area (Å²) in [6.07, 6.45) is 3.51. The minimum atomic E-state index is -3.55. The van der Waals surface area contributed by atoms with Crippen LogP contribution in [-0.2, 0) is 14.8 Å². The first-order valence-electron chi connectivity index (χ1n) is 6.49. The summed E-state index contributed by atoms with van der Waals surface area (Å²) in [7, 11) is -1.89. The molecule has 2 atom stereocenters. The van der Waals surface area contributed by atoms with Gasteiger partial charge in [-0.1, -0.05) is 0 Å². The summed E-state index contributed by atoms with van der Waals surface area (Å²) in [6, 6.07) is 1.59. The zero-order valence-corrected chi connectivity index (χ0v) is 13.4. The van der Waals surface area contributed by atoms with Crippen LogP contribution in [0.25, 0.3) is 0 Å². The third-order valence-electron chi connectivity index (χ3n) is 3.68. The van der Waals surface area contributed by atoms with Gasteiger partial charge in [-0.05, 0) is 34.8 Å². The minimum Gasteiger partial charge on any atom is -0.372 e. The SMILES string of the molecule is CNc1ncc(Br)cc1S(=O)(=O)N1CC2CCC(C1)O2. The summed E-state index contributed by atoms with van der Waals surface area (Å²) in [5.41, 5.74) is 0. The molecule has 20 heavy (non-hydrogen) atoms. The molecular weight excluding hydrogens is 346 g/mol. The lowest BCUT2D eigenvalue weighted by atomic mass is 10.2. The van der Waals surface area contributed by atoms with Gasteiger partial charge in [0.15, 0.2) is 0 Å². The van der Waals surface area contributed by atoms with E-state index in [2.05, 4.69) is 26.2 Å². The molecular formula is C12H16BrN3O3S. The van der Waals surface area contributed by atoms with Crippen LogP contribution in [0.1, 0.15) is 12.8 Å². The number of morpholine rings is 1. The van der Waals surface area contributed by atoms with Crippen molar-refractivity contribution in [2.75, 3.05) is 25.5 Å². The van der Waals surface area contributed by atoms with Gasteiger partial charge in [-0.3, -0.25) is 0 Å². The Bertz CT molecular complexity index is 610. The van der Waals surface area contributed by atoms with Crippen molar-refractivity contribution in [2.24, 2.45) is 0 Å². The van der Waals surface area contributed by atoms with Gasteiger partial charge in [-0.15, -0.1) is 0 Å². The molecule has 0 spiro atoms. The molecule has 2 aliphatic rings. The Morgan fingerprint density at radius 2 is 2.05 bits per heavy atom. The second-order valence-corrected chi connectivity index (χ2v) is 7.85. The lowest BCUT2D eigenvalue weighted by Gasteiger charge is -2.31. The molecule has 110 valence electrons. The van der Waals surface area contributed by atoms with E-state index in [1.807, 2.05) is 0 Å². The van der Waals surface area contributed by atoms with E-state index in [-0.39, 0.29) is 17.1 Å². The van der Waals surface area contributed by atoms with Gasteiger partial charge in [0.05, 0.1) is 12.2 Å². The van der Waals surface area contributed by atoms with Crippen LogP contribution in [0.4, 0.5) is 5.82 Å². The monoisotopic (exact) mass is 361 g/mol. The molecule has 0 aromatic carbocycles. The van der Waals surface area contributed by atoms with E-state index in [9.17, 15) is 8.42 Å². The van der Waals surface area contributed by atoms with E-state index >= 15 is 0 Å². The second kappa shape index (κ2) is 5.25. The Morgan fingerprint density at radius 1 is 1.40 bits per heavy atom. The van der Waals surface area contributed by atoms with Gasteiger partial charge < -0.3 is 10.1 Å². The molecule has 1 aromatic heterocycles. The molecule has 1 N–H and O–H groups in total. The number of rotatable bonds is 3. The third-order valence-corrected chi connectivity index (χ3v) is 5.96. The zero-order valence-electron chi connectivity index (χ0n) is 11.0. The standard InChI is InChI=1S/C12H16BrN3O3S/c1-14-12-11(4-8(13)5-15-12)20(17,18)16-6-9-2-3-10(7-16)19-9/h4-5,9-10H,2-3,6-7H2,1H3,(H,14,15). The third kappa shape index (κ3) is 2.45. The van der Waals surface area contributed by atoms with Crippen LogP contribution in [-0.4, -0.2) is 50.1 Å². The Balaban J connectivity index is 1.97. The van der Waals surface area contributed by atoms with Crippen molar-refractivity contribution >= 4 is 31.8 Å². The summed E-state index contributed by atoms with van der Waals surface area (Å²) >= 11 is 3.28. The van der Waals surface area contributed by atoms with Crippen LogP contribution >= 0.6 is 15.9 Å². The van der Waals surface area contributed by atoms with Crippen LogP contribution in [0.15, 0.2) is 21.6 Å². The van der Waals surface area contributed by atoms with E-state index in [4.69, 9.17) is 4.74 Å². The van der Waals surface area contributed by atoms with Gasteiger partial charge in [0, 0.05) is 30.8 Å². The smallest absolute Gasteiger partial charge is 0.246 e.